The summed E-state index contributed by atoms with van der Waals surface area (Å²) in [5.41, 5.74) is 1.65. The highest BCUT2D eigenvalue weighted by Gasteiger charge is 2.27. The van der Waals surface area contributed by atoms with Crippen LogP contribution in [0, 0.1) is 0 Å². The largest absolute Gasteiger partial charge is 0.151 e. The predicted octanol–water partition coefficient (Wildman–Crippen LogP) is 5.86. The minimum Gasteiger partial charge on any atom is -0.151 e. The fourth-order valence-electron chi connectivity index (χ4n) is 3.12. The molecule has 4 rings (SSSR count). The third-order valence-corrected chi connectivity index (χ3v) is 9.45. The third-order valence-electron chi connectivity index (χ3n) is 4.49. The molecule has 0 N–H and O–H groups in total. The van der Waals surface area contributed by atoms with E-state index in [1.807, 2.05) is 84.9 Å². The zero-order valence-corrected chi connectivity index (χ0v) is 16.9. The molecule has 0 aliphatic carbocycles. The Balaban J connectivity index is 1.89. The van der Waals surface area contributed by atoms with Crippen LogP contribution >= 0.6 is 6.04 Å². The Morgan fingerprint density at radius 2 is 0.964 bits per heavy atom. The van der Waals surface area contributed by atoms with Gasteiger partial charge in [-0.3, -0.25) is 0 Å². The molecule has 4 heteroatoms. The van der Waals surface area contributed by atoms with Crippen LogP contribution in [0.25, 0.3) is 0 Å². The highest BCUT2D eigenvalue weighted by atomic mass is 32.4. The standard InChI is InChI=1S/C24H19N2PS/c28-27(21-14-6-2-7-15-21,22-16-8-3-9-17-22)24-19-11-10-18-23(24)26-25-20-12-4-1-5-13-20/h1-19H. The fourth-order valence-corrected chi connectivity index (χ4v) is 7.09. The smallest absolute Gasteiger partial charge is 0.0947 e. The second-order valence-corrected chi connectivity index (χ2v) is 10.7. The van der Waals surface area contributed by atoms with Crippen LogP contribution in [0.1, 0.15) is 0 Å². The number of azo groups is 1. The lowest BCUT2D eigenvalue weighted by atomic mass is 10.3. The lowest BCUT2D eigenvalue weighted by Crippen LogP contribution is -2.24. The van der Waals surface area contributed by atoms with Crippen molar-refractivity contribution in [3.63, 3.8) is 0 Å². The molecule has 0 unspecified atom stereocenters. The summed E-state index contributed by atoms with van der Waals surface area (Å²) in [6, 6.07) is 36.4. The van der Waals surface area contributed by atoms with Gasteiger partial charge in [0.2, 0.25) is 0 Å². The van der Waals surface area contributed by atoms with Crippen molar-refractivity contribution in [1.82, 2.24) is 0 Å². The summed E-state index contributed by atoms with van der Waals surface area (Å²) in [4.78, 5) is 0. The van der Waals surface area contributed by atoms with Crippen LogP contribution in [0.15, 0.2) is 125 Å². The third kappa shape index (κ3) is 3.73. The van der Waals surface area contributed by atoms with Crippen molar-refractivity contribution in [3.05, 3.63) is 115 Å². The molecule has 2 nitrogen and oxygen atoms in total. The fraction of sp³-hybridized carbons (Fsp3) is 0. The molecule has 0 bridgehead atoms. The Hall–Kier alpha value is -2.87. The highest BCUT2D eigenvalue weighted by molar-refractivity contribution is 8.25. The molecule has 4 aromatic carbocycles. The van der Waals surface area contributed by atoms with Crippen LogP contribution in [0.5, 0.6) is 0 Å². The zero-order valence-electron chi connectivity index (χ0n) is 15.2. The molecule has 0 heterocycles. The maximum Gasteiger partial charge on any atom is 0.0947 e. The van der Waals surface area contributed by atoms with E-state index < -0.39 is 6.04 Å². The van der Waals surface area contributed by atoms with Gasteiger partial charge in [-0.25, -0.2) is 0 Å². The molecule has 136 valence electrons. The average molecular weight is 398 g/mol. The Bertz CT molecular complexity index is 1080. The molecule has 0 aromatic heterocycles. The van der Waals surface area contributed by atoms with Gasteiger partial charge in [-0.1, -0.05) is 109 Å². The van der Waals surface area contributed by atoms with E-state index >= 15 is 0 Å². The van der Waals surface area contributed by atoms with E-state index in [9.17, 15) is 0 Å². The van der Waals surface area contributed by atoms with Crippen LogP contribution in [0.3, 0.4) is 0 Å². The molecule has 28 heavy (non-hydrogen) atoms. The second kappa shape index (κ2) is 8.43. The van der Waals surface area contributed by atoms with Gasteiger partial charge in [-0.15, -0.1) is 5.11 Å². The van der Waals surface area contributed by atoms with Gasteiger partial charge in [0.25, 0.3) is 0 Å². The molecule has 0 saturated carbocycles. The van der Waals surface area contributed by atoms with Crippen LogP contribution in [0.2, 0.25) is 0 Å². The molecule has 0 aliphatic rings. The Labute approximate surface area is 170 Å². The van der Waals surface area contributed by atoms with E-state index in [-0.39, 0.29) is 0 Å². The van der Waals surface area contributed by atoms with E-state index in [1.165, 1.54) is 0 Å². The molecule has 0 radical (unpaired) electrons. The average Bonchev–Trinajstić information content (AvgIpc) is 2.79. The minimum atomic E-state index is -2.26. The first-order valence-corrected chi connectivity index (χ1v) is 11.9. The van der Waals surface area contributed by atoms with Gasteiger partial charge in [-0.05, 0) is 28.8 Å². The first-order valence-electron chi connectivity index (χ1n) is 9.06. The number of hydrogen-bond acceptors (Lipinski definition) is 3. The Kier molecular flexibility index (Phi) is 5.57. The van der Waals surface area contributed by atoms with Crippen molar-refractivity contribution < 1.29 is 0 Å². The van der Waals surface area contributed by atoms with Crippen LogP contribution in [-0.2, 0) is 11.8 Å². The summed E-state index contributed by atoms with van der Waals surface area (Å²) < 4.78 is 0. The highest BCUT2D eigenvalue weighted by Crippen LogP contribution is 2.45. The summed E-state index contributed by atoms with van der Waals surface area (Å²) in [5, 5.41) is 12.4. The van der Waals surface area contributed by atoms with Gasteiger partial charge in [0.1, 0.15) is 0 Å². The van der Waals surface area contributed by atoms with Crippen molar-refractivity contribution in [2.45, 2.75) is 0 Å². The van der Waals surface area contributed by atoms with Crippen molar-refractivity contribution in [3.8, 4) is 0 Å². The first-order chi connectivity index (χ1) is 13.8. The zero-order chi connectivity index (χ0) is 19.2. The molecule has 0 fully saturated rings. The van der Waals surface area contributed by atoms with Crippen molar-refractivity contribution in [1.29, 1.82) is 0 Å². The molecule has 0 amide bonds. The topological polar surface area (TPSA) is 24.7 Å². The number of hydrogen-bond donors (Lipinski definition) is 0. The Morgan fingerprint density at radius 3 is 1.54 bits per heavy atom. The lowest BCUT2D eigenvalue weighted by molar-refractivity contribution is 1.24. The molecule has 0 saturated heterocycles. The van der Waals surface area contributed by atoms with Gasteiger partial charge in [0.15, 0.2) is 0 Å². The number of nitrogens with zero attached hydrogens (tertiary/aromatic N) is 2. The maximum atomic E-state index is 6.43. The van der Waals surface area contributed by atoms with Gasteiger partial charge in [-0.2, -0.15) is 5.11 Å². The van der Waals surface area contributed by atoms with E-state index in [2.05, 4.69) is 40.6 Å². The number of benzene rings is 4. The summed E-state index contributed by atoms with van der Waals surface area (Å²) in [7, 11) is 0. The SMILES string of the molecule is S=P(c1ccccc1)(c1ccccc1)c1ccccc1N=Nc1ccccc1. The van der Waals surface area contributed by atoms with Crippen LogP contribution in [-0.4, -0.2) is 0 Å². The van der Waals surface area contributed by atoms with E-state index in [4.69, 9.17) is 11.8 Å². The second-order valence-electron chi connectivity index (χ2n) is 6.30. The quantitative estimate of drug-likeness (QED) is 0.305. The monoisotopic (exact) mass is 398 g/mol. The van der Waals surface area contributed by atoms with Crippen molar-refractivity contribution >= 4 is 45.1 Å². The van der Waals surface area contributed by atoms with Crippen LogP contribution in [0.4, 0.5) is 11.4 Å². The van der Waals surface area contributed by atoms with E-state index in [1.54, 1.807) is 0 Å². The Morgan fingerprint density at radius 1 is 0.500 bits per heavy atom. The predicted molar refractivity (Wildman–Crippen MR) is 123 cm³/mol. The van der Waals surface area contributed by atoms with Gasteiger partial charge in [0, 0.05) is 11.3 Å². The molecule has 0 atom stereocenters. The minimum absolute atomic E-state index is 0.822. The maximum absolute atomic E-state index is 6.43. The van der Waals surface area contributed by atoms with Crippen molar-refractivity contribution in [2.75, 3.05) is 0 Å². The molecule has 0 spiro atoms. The van der Waals surface area contributed by atoms with E-state index in [0.717, 1.165) is 27.3 Å². The number of rotatable bonds is 5. The van der Waals surface area contributed by atoms with Crippen molar-refractivity contribution in [2.24, 2.45) is 10.2 Å². The summed E-state index contributed by atoms with van der Waals surface area (Å²) in [6.07, 6.45) is 0. The van der Waals surface area contributed by atoms with Gasteiger partial charge < -0.3 is 0 Å². The molecular weight excluding hydrogens is 379 g/mol. The summed E-state index contributed by atoms with van der Waals surface area (Å²) in [5.74, 6) is 0. The van der Waals surface area contributed by atoms with Gasteiger partial charge in [0.05, 0.1) is 11.4 Å². The molecular formula is C24H19N2PS. The summed E-state index contributed by atoms with van der Waals surface area (Å²) in [6.45, 7) is 0. The van der Waals surface area contributed by atoms with Crippen LogP contribution < -0.4 is 15.9 Å². The first kappa shape index (κ1) is 18.5. The molecule has 4 aromatic rings. The lowest BCUT2D eigenvalue weighted by Gasteiger charge is -2.25. The molecule has 0 aliphatic heterocycles. The van der Waals surface area contributed by atoms with E-state index in [0.29, 0.717) is 0 Å². The summed E-state index contributed by atoms with van der Waals surface area (Å²) >= 11 is 6.43. The van der Waals surface area contributed by atoms with Gasteiger partial charge >= 0.3 is 0 Å². The normalized spacial score (nSPS) is 11.6.